The summed E-state index contributed by atoms with van der Waals surface area (Å²) in [5, 5.41) is 2.81. The number of hydrogen-bond acceptors (Lipinski definition) is 0. The first-order valence-electron chi connectivity index (χ1n) is 7.93. The normalized spacial score (nSPS) is 29.9. The quantitative estimate of drug-likeness (QED) is 0.611. The topological polar surface area (TPSA) is 0 Å². The first-order chi connectivity index (χ1) is 9.81. The average Bonchev–Trinajstić information content (AvgIpc) is 3.09. The molecule has 0 N–H and O–H groups in total. The van der Waals surface area contributed by atoms with Crippen LogP contribution in [0.15, 0.2) is 42.5 Å². The lowest BCUT2D eigenvalue weighted by molar-refractivity contribution is 0.312. The second kappa shape index (κ2) is 5.07. The number of fused-ring (bicyclic) bond motifs is 3. The number of hydrogen-bond donors (Lipinski definition) is 0. The van der Waals surface area contributed by atoms with Gasteiger partial charge in [0, 0.05) is 0 Å². The third kappa shape index (κ3) is 2.15. The molecule has 0 radical (unpaired) electrons. The van der Waals surface area contributed by atoms with E-state index in [9.17, 15) is 0 Å². The van der Waals surface area contributed by atoms with Crippen LogP contribution in [0, 0.1) is 17.8 Å². The molecule has 0 saturated heterocycles. The van der Waals surface area contributed by atoms with Gasteiger partial charge in [0.25, 0.3) is 0 Å². The van der Waals surface area contributed by atoms with Crippen molar-refractivity contribution >= 4 is 22.4 Å². The van der Waals surface area contributed by atoms with E-state index in [1.807, 2.05) is 0 Å². The standard InChI is InChI=1S/C19H21Cl/c20-19(12-16-11-13-8-9-15(16)10-13)18-7-3-5-14-4-1-2-6-17(14)18/h1-7,13,15-16,19H,8-12H2. The van der Waals surface area contributed by atoms with Crippen molar-refractivity contribution in [2.24, 2.45) is 17.8 Å². The predicted molar refractivity (Wildman–Crippen MR) is 86.1 cm³/mol. The molecule has 20 heavy (non-hydrogen) atoms. The van der Waals surface area contributed by atoms with E-state index in [0.29, 0.717) is 0 Å². The van der Waals surface area contributed by atoms with Crippen LogP contribution in [0.2, 0.25) is 0 Å². The van der Waals surface area contributed by atoms with Gasteiger partial charge in [-0.3, -0.25) is 0 Å². The van der Waals surface area contributed by atoms with Crippen molar-refractivity contribution in [2.75, 3.05) is 0 Å². The fraction of sp³-hybridized carbons (Fsp3) is 0.474. The van der Waals surface area contributed by atoms with Crippen LogP contribution in [0.1, 0.15) is 43.0 Å². The lowest BCUT2D eigenvalue weighted by atomic mass is 9.84. The Bertz CT molecular complexity index is 613. The largest absolute Gasteiger partial charge is 0.118 e. The van der Waals surface area contributed by atoms with Crippen molar-refractivity contribution in [1.29, 1.82) is 0 Å². The second-order valence-electron chi connectivity index (χ2n) is 6.71. The average molecular weight is 285 g/mol. The van der Waals surface area contributed by atoms with Crippen LogP contribution in [-0.2, 0) is 0 Å². The number of halogens is 1. The van der Waals surface area contributed by atoms with Crippen molar-refractivity contribution in [3.63, 3.8) is 0 Å². The molecular weight excluding hydrogens is 264 g/mol. The van der Waals surface area contributed by atoms with E-state index in [4.69, 9.17) is 11.6 Å². The van der Waals surface area contributed by atoms with Gasteiger partial charge >= 0.3 is 0 Å². The van der Waals surface area contributed by atoms with Crippen molar-refractivity contribution < 1.29 is 0 Å². The van der Waals surface area contributed by atoms with E-state index in [-0.39, 0.29) is 5.38 Å². The van der Waals surface area contributed by atoms with E-state index in [0.717, 1.165) is 24.2 Å². The summed E-state index contributed by atoms with van der Waals surface area (Å²) in [6.45, 7) is 0. The number of benzene rings is 2. The zero-order valence-corrected chi connectivity index (χ0v) is 12.5. The molecule has 4 rings (SSSR count). The predicted octanol–water partition coefficient (Wildman–Crippen LogP) is 5.95. The van der Waals surface area contributed by atoms with Crippen molar-refractivity contribution in [2.45, 2.75) is 37.5 Å². The van der Waals surface area contributed by atoms with Crippen LogP contribution in [0.3, 0.4) is 0 Å². The van der Waals surface area contributed by atoms with Crippen molar-refractivity contribution in [3.8, 4) is 0 Å². The van der Waals surface area contributed by atoms with Gasteiger partial charge in [0.2, 0.25) is 0 Å². The van der Waals surface area contributed by atoms with Crippen LogP contribution in [0.25, 0.3) is 10.8 Å². The van der Waals surface area contributed by atoms with Gasteiger partial charge in [-0.05, 0) is 59.8 Å². The molecule has 2 aromatic carbocycles. The zero-order chi connectivity index (χ0) is 13.5. The second-order valence-corrected chi connectivity index (χ2v) is 7.23. The maximum Gasteiger partial charge on any atom is 0.0594 e. The molecule has 0 nitrogen and oxygen atoms in total. The molecule has 0 amide bonds. The van der Waals surface area contributed by atoms with Crippen molar-refractivity contribution in [3.05, 3.63) is 48.0 Å². The Morgan fingerprint density at radius 2 is 1.85 bits per heavy atom. The van der Waals surface area contributed by atoms with Crippen LogP contribution >= 0.6 is 11.6 Å². The highest BCUT2D eigenvalue weighted by Crippen LogP contribution is 2.52. The van der Waals surface area contributed by atoms with Crippen LogP contribution in [0.5, 0.6) is 0 Å². The number of alkyl halides is 1. The van der Waals surface area contributed by atoms with Gasteiger partial charge in [-0.15, -0.1) is 11.6 Å². The Morgan fingerprint density at radius 3 is 2.65 bits per heavy atom. The molecule has 0 aliphatic heterocycles. The Labute approximate surface area is 126 Å². The molecule has 1 heteroatoms. The highest BCUT2D eigenvalue weighted by molar-refractivity contribution is 6.21. The Kier molecular flexibility index (Phi) is 3.22. The minimum Gasteiger partial charge on any atom is -0.118 e. The Hall–Kier alpha value is -1.01. The van der Waals surface area contributed by atoms with Gasteiger partial charge < -0.3 is 0 Å². The molecule has 0 heterocycles. The minimum absolute atomic E-state index is 0.172. The summed E-state index contributed by atoms with van der Waals surface area (Å²) in [6, 6.07) is 15.2. The molecule has 2 saturated carbocycles. The fourth-order valence-electron chi connectivity index (χ4n) is 4.58. The minimum atomic E-state index is 0.172. The molecule has 4 unspecified atom stereocenters. The lowest BCUT2D eigenvalue weighted by Gasteiger charge is -2.24. The van der Waals surface area contributed by atoms with Crippen molar-refractivity contribution in [1.82, 2.24) is 0 Å². The third-order valence-corrected chi connectivity index (χ3v) is 5.97. The highest BCUT2D eigenvalue weighted by Gasteiger charge is 2.40. The molecule has 0 aromatic heterocycles. The summed E-state index contributed by atoms with van der Waals surface area (Å²) in [6.07, 6.45) is 7.00. The number of rotatable bonds is 3. The summed E-state index contributed by atoms with van der Waals surface area (Å²) in [5.41, 5.74) is 1.33. The van der Waals surface area contributed by atoms with E-state index in [1.165, 1.54) is 42.0 Å². The highest BCUT2D eigenvalue weighted by atomic mass is 35.5. The van der Waals surface area contributed by atoms with E-state index in [2.05, 4.69) is 42.5 Å². The molecule has 2 fully saturated rings. The molecule has 4 atom stereocenters. The molecule has 2 aliphatic rings. The summed E-state index contributed by atoms with van der Waals surface area (Å²) >= 11 is 6.80. The SMILES string of the molecule is ClC(CC1CC2CCC1C2)c1cccc2ccccc12. The molecule has 2 aromatic rings. The third-order valence-electron chi connectivity index (χ3n) is 5.56. The Balaban J connectivity index is 1.59. The summed E-state index contributed by atoms with van der Waals surface area (Å²) in [5.74, 6) is 2.85. The maximum absolute atomic E-state index is 6.80. The van der Waals surface area contributed by atoms with Gasteiger partial charge in [-0.2, -0.15) is 0 Å². The molecule has 2 bridgehead atoms. The fourth-order valence-corrected chi connectivity index (χ4v) is 5.00. The summed E-state index contributed by atoms with van der Waals surface area (Å²) in [7, 11) is 0. The molecule has 0 spiro atoms. The van der Waals surface area contributed by atoms with Gasteiger partial charge in [0.15, 0.2) is 0 Å². The van der Waals surface area contributed by atoms with Gasteiger partial charge in [0.05, 0.1) is 5.38 Å². The Morgan fingerprint density at radius 1 is 1.00 bits per heavy atom. The van der Waals surface area contributed by atoms with Crippen LogP contribution in [-0.4, -0.2) is 0 Å². The first-order valence-corrected chi connectivity index (χ1v) is 8.36. The van der Waals surface area contributed by atoms with Crippen LogP contribution in [0.4, 0.5) is 0 Å². The van der Waals surface area contributed by atoms with E-state index in [1.54, 1.807) is 0 Å². The van der Waals surface area contributed by atoms with E-state index < -0.39 is 0 Å². The summed E-state index contributed by atoms with van der Waals surface area (Å²) in [4.78, 5) is 0. The maximum atomic E-state index is 6.80. The first kappa shape index (κ1) is 12.7. The molecular formula is C19H21Cl. The van der Waals surface area contributed by atoms with Gasteiger partial charge in [-0.1, -0.05) is 48.9 Å². The summed E-state index contributed by atoms with van der Waals surface area (Å²) < 4.78 is 0. The smallest absolute Gasteiger partial charge is 0.0594 e. The van der Waals surface area contributed by atoms with Gasteiger partial charge in [0.1, 0.15) is 0 Å². The van der Waals surface area contributed by atoms with Crippen LogP contribution < -0.4 is 0 Å². The molecule has 104 valence electrons. The monoisotopic (exact) mass is 284 g/mol. The lowest BCUT2D eigenvalue weighted by Crippen LogP contribution is -2.12. The van der Waals surface area contributed by atoms with E-state index >= 15 is 0 Å². The molecule has 2 aliphatic carbocycles. The van der Waals surface area contributed by atoms with Gasteiger partial charge in [-0.25, -0.2) is 0 Å². The zero-order valence-electron chi connectivity index (χ0n) is 11.8.